The van der Waals surface area contributed by atoms with Crippen molar-refractivity contribution in [1.29, 1.82) is 0 Å². The van der Waals surface area contributed by atoms with E-state index in [0.29, 0.717) is 11.5 Å². The molecule has 2 N–H and O–H groups in total. The number of carboxylic acids is 1. The van der Waals surface area contributed by atoms with E-state index in [2.05, 4.69) is 20.5 Å². The van der Waals surface area contributed by atoms with Gasteiger partial charge in [0, 0.05) is 12.4 Å². The molecular formula is C10H13N5O2. The lowest BCUT2D eigenvalue weighted by atomic mass is 10.1. The molecule has 7 heteroatoms. The molecule has 0 spiro atoms. The minimum atomic E-state index is -0.914. The maximum absolute atomic E-state index is 11.1. The molecule has 2 aromatic rings. The molecule has 7 nitrogen and oxygen atoms in total. The number of aliphatic carboxylic acids is 1. The van der Waals surface area contributed by atoms with Crippen LogP contribution in [0.4, 0.5) is 5.82 Å². The molecule has 1 unspecified atom stereocenters. The number of carbonyl (C=O) groups is 1. The van der Waals surface area contributed by atoms with Crippen LogP contribution in [0, 0.1) is 5.92 Å². The molecule has 0 fully saturated rings. The third-order valence-electron chi connectivity index (χ3n) is 2.44. The second-order valence-electron chi connectivity index (χ2n) is 4.04. The summed E-state index contributed by atoms with van der Waals surface area (Å²) in [5, 5.41) is 19.6. The van der Waals surface area contributed by atoms with Crippen LogP contribution < -0.4 is 5.32 Å². The van der Waals surface area contributed by atoms with Gasteiger partial charge in [-0.05, 0) is 5.92 Å². The number of rotatable bonds is 4. The molecule has 0 saturated carbocycles. The van der Waals surface area contributed by atoms with E-state index in [4.69, 9.17) is 5.11 Å². The monoisotopic (exact) mass is 235 g/mol. The van der Waals surface area contributed by atoms with E-state index in [9.17, 15) is 4.79 Å². The quantitative estimate of drug-likeness (QED) is 0.808. The Bertz CT molecular complexity index is 536. The van der Waals surface area contributed by atoms with E-state index in [1.165, 1.54) is 6.33 Å². The second kappa shape index (κ2) is 4.36. The van der Waals surface area contributed by atoms with E-state index in [-0.39, 0.29) is 5.92 Å². The number of carboxylic acid groups (broad SMARTS) is 1. The zero-order valence-corrected chi connectivity index (χ0v) is 9.53. The minimum absolute atomic E-state index is 0.0579. The van der Waals surface area contributed by atoms with Crippen molar-refractivity contribution in [3.8, 4) is 0 Å². The summed E-state index contributed by atoms with van der Waals surface area (Å²) >= 11 is 0. The molecular weight excluding hydrogens is 222 g/mol. The molecule has 2 heterocycles. The summed E-state index contributed by atoms with van der Waals surface area (Å²) in [6.45, 7) is 3.66. The first kappa shape index (κ1) is 11.3. The molecule has 0 aliphatic carbocycles. The van der Waals surface area contributed by atoms with Crippen LogP contribution in [-0.2, 0) is 4.79 Å². The maximum Gasteiger partial charge on any atom is 0.326 e. The average molecular weight is 235 g/mol. The lowest BCUT2D eigenvalue weighted by Gasteiger charge is -2.18. The zero-order chi connectivity index (χ0) is 12.4. The molecule has 0 saturated heterocycles. The molecule has 0 amide bonds. The van der Waals surface area contributed by atoms with Crippen molar-refractivity contribution in [2.24, 2.45) is 5.92 Å². The number of hydrogen-bond acceptors (Lipinski definition) is 5. The summed E-state index contributed by atoms with van der Waals surface area (Å²) in [5.74, 6) is -0.549. The Labute approximate surface area is 97.5 Å². The number of hydrogen-bond donors (Lipinski definition) is 2. The van der Waals surface area contributed by atoms with Gasteiger partial charge in [-0.2, -0.15) is 0 Å². The Kier molecular flexibility index (Phi) is 2.90. The van der Waals surface area contributed by atoms with Gasteiger partial charge in [0.25, 0.3) is 0 Å². The highest BCUT2D eigenvalue weighted by atomic mass is 16.4. The second-order valence-corrected chi connectivity index (χ2v) is 4.04. The zero-order valence-electron chi connectivity index (χ0n) is 9.53. The third-order valence-corrected chi connectivity index (χ3v) is 2.44. The Balaban J connectivity index is 2.34. The molecule has 1 atom stereocenters. The van der Waals surface area contributed by atoms with E-state index in [1.54, 1.807) is 16.8 Å². The summed E-state index contributed by atoms with van der Waals surface area (Å²) < 4.78 is 1.68. The largest absolute Gasteiger partial charge is 0.480 e. The van der Waals surface area contributed by atoms with Crippen LogP contribution >= 0.6 is 0 Å². The summed E-state index contributed by atoms with van der Waals surface area (Å²) in [6, 6.07) is -0.703. The van der Waals surface area contributed by atoms with Crippen LogP contribution in [0.25, 0.3) is 5.65 Å². The SMILES string of the molecule is CC(C)C(Nc1nccn2cnnc12)C(=O)O. The topological polar surface area (TPSA) is 92.4 Å². The van der Waals surface area contributed by atoms with Gasteiger partial charge in [0.1, 0.15) is 12.4 Å². The fourth-order valence-electron chi connectivity index (χ4n) is 1.52. The van der Waals surface area contributed by atoms with Crippen LogP contribution in [0.15, 0.2) is 18.7 Å². The van der Waals surface area contributed by atoms with Crippen molar-refractivity contribution in [2.45, 2.75) is 19.9 Å². The number of nitrogens with one attached hydrogen (secondary N) is 1. The summed E-state index contributed by atoms with van der Waals surface area (Å²) in [5.41, 5.74) is 0.513. The van der Waals surface area contributed by atoms with E-state index < -0.39 is 12.0 Å². The van der Waals surface area contributed by atoms with Crippen molar-refractivity contribution in [1.82, 2.24) is 19.6 Å². The first-order valence-corrected chi connectivity index (χ1v) is 5.23. The van der Waals surface area contributed by atoms with Gasteiger partial charge in [0.2, 0.25) is 5.65 Å². The van der Waals surface area contributed by atoms with Crippen LogP contribution in [-0.4, -0.2) is 36.7 Å². The summed E-state index contributed by atoms with van der Waals surface area (Å²) in [6.07, 6.45) is 4.80. The van der Waals surface area contributed by atoms with Crippen molar-refractivity contribution >= 4 is 17.4 Å². The van der Waals surface area contributed by atoms with E-state index >= 15 is 0 Å². The lowest BCUT2D eigenvalue weighted by molar-refractivity contribution is -0.138. The van der Waals surface area contributed by atoms with Gasteiger partial charge in [-0.3, -0.25) is 4.40 Å². The smallest absolute Gasteiger partial charge is 0.326 e. The molecule has 0 bridgehead atoms. The first-order chi connectivity index (χ1) is 8.09. The fraction of sp³-hybridized carbons (Fsp3) is 0.400. The minimum Gasteiger partial charge on any atom is -0.480 e. The summed E-state index contributed by atoms with van der Waals surface area (Å²) in [7, 11) is 0. The predicted molar refractivity (Wildman–Crippen MR) is 60.7 cm³/mol. The van der Waals surface area contributed by atoms with Crippen LogP contribution in [0.2, 0.25) is 0 Å². The highest BCUT2D eigenvalue weighted by Crippen LogP contribution is 2.14. The Morgan fingerprint density at radius 1 is 1.53 bits per heavy atom. The third kappa shape index (κ3) is 2.17. The van der Waals surface area contributed by atoms with Crippen molar-refractivity contribution in [3.05, 3.63) is 18.7 Å². The number of aromatic nitrogens is 4. The number of anilines is 1. The van der Waals surface area contributed by atoms with Crippen LogP contribution in [0.3, 0.4) is 0 Å². The van der Waals surface area contributed by atoms with Gasteiger partial charge in [0.15, 0.2) is 5.82 Å². The fourth-order valence-corrected chi connectivity index (χ4v) is 1.52. The predicted octanol–water partition coefficient (Wildman–Crippen LogP) is 0.645. The van der Waals surface area contributed by atoms with E-state index in [0.717, 1.165) is 0 Å². The van der Waals surface area contributed by atoms with Crippen molar-refractivity contribution < 1.29 is 9.90 Å². The Hall–Kier alpha value is -2.18. The van der Waals surface area contributed by atoms with Crippen molar-refractivity contribution in [3.63, 3.8) is 0 Å². The number of fused-ring (bicyclic) bond motifs is 1. The van der Waals surface area contributed by atoms with E-state index in [1.807, 2.05) is 13.8 Å². The standard InChI is InChI=1S/C10H13N5O2/c1-6(2)7(10(16)17)13-8-9-14-12-5-15(9)4-3-11-8/h3-7H,1-2H3,(H,11,13)(H,16,17). The Morgan fingerprint density at radius 3 is 2.94 bits per heavy atom. The maximum atomic E-state index is 11.1. The molecule has 17 heavy (non-hydrogen) atoms. The van der Waals surface area contributed by atoms with Gasteiger partial charge >= 0.3 is 5.97 Å². The molecule has 0 radical (unpaired) electrons. The highest BCUT2D eigenvalue weighted by Gasteiger charge is 2.22. The van der Waals surface area contributed by atoms with Gasteiger partial charge < -0.3 is 10.4 Å². The average Bonchev–Trinajstić information content (AvgIpc) is 2.73. The highest BCUT2D eigenvalue weighted by molar-refractivity contribution is 5.79. The molecule has 2 rings (SSSR count). The molecule has 0 aromatic carbocycles. The van der Waals surface area contributed by atoms with Crippen LogP contribution in [0.1, 0.15) is 13.8 Å². The van der Waals surface area contributed by atoms with Crippen LogP contribution in [0.5, 0.6) is 0 Å². The summed E-state index contributed by atoms with van der Waals surface area (Å²) in [4.78, 5) is 15.2. The van der Waals surface area contributed by atoms with Gasteiger partial charge in [0.05, 0.1) is 0 Å². The molecule has 2 aromatic heterocycles. The molecule has 0 aliphatic rings. The normalized spacial score (nSPS) is 12.9. The van der Waals surface area contributed by atoms with Gasteiger partial charge in [-0.1, -0.05) is 13.8 Å². The Morgan fingerprint density at radius 2 is 2.29 bits per heavy atom. The van der Waals surface area contributed by atoms with Crippen molar-refractivity contribution in [2.75, 3.05) is 5.32 Å². The van der Waals surface area contributed by atoms with Gasteiger partial charge in [-0.25, -0.2) is 9.78 Å². The first-order valence-electron chi connectivity index (χ1n) is 5.23. The molecule has 90 valence electrons. The van der Waals surface area contributed by atoms with Gasteiger partial charge in [-0.15, -0.1) is 10.2 Å². The lowest BCUT2D eigenvalue weighted by Crippen LogP contribution is -2.34. The number of nitrogens with zero attached hydrogens (tertiary/aromatic N) is 4. The molecule has 0 aliphatic heterocycles.